The highest BCUT2D eigenvalue weighted by Crippen LogP contribution is 2.30. The van der Waals surface area contributed by atoms with Crippen LogP contribution in [-0.2, 0) is 16.1 Å². The van der Waals surface area contributed by atoms with Gasteiger partial charge in [0.25, 0.3) is 0 Å². The van der Waals surface area contributed by atoms with Gasteiger partial charge in [0.05, 0.1) is 6.04 Å². The Hall–Kier alpha value is -2.77. The van der Waals surface area contributed by atoms with Crippen molar-refractivity contribution in [3.05, 3.63) is 36.2 Å². The van der Waals surface area contributed by atoms with E-state index in [0.29, 0.717) is 0 Å². The molecular weight excluding hydrogens is 296 g/mol. The van der Waals surface area contributed by atoms with E-state index < -0.39 is 0 Å². The molecule has 0 radical (unpaired) electrons. The Kier molecular flexibility index (Phi) is 4.31. The van der Waals surface area contributed by atoms with Crippen LogP contribution in [-0.4, -0.2) is 32.0 Å². The average Bonchev–Trinajstić information content (AvgIpc) is 3.27. The second-order valence-electron chi connectivity index (χ2n) is 5.68. The van der Waals surface area contributed by atoms with Crippen molar-refractivity contribution in [3.63, 3.8) is 0 Å². The Morgan fingerprint density at radius 2 is 2.04 bits per heavy atom. The van der Waals surface area contributed by atoms with Crippen LogP contribution in [0.3, 0.4) is 0 Å². The molecule has 3 rings (SSSR count). The lowest BCUT2D eigenvalue weighted by Gasteiger charge is -2.15. The lowest BCUT2D eigenvalue weighted by molar-refractivity contribution is -0.122. The Morgan fingerprint density at radius 3 is 2.65 bits per heavy atom. The molecule has 8 nitrogen and oxygen atoms in total. The van der Waals surface area contributed by atoms with Crippen LogP contribution in [0.1, 0.15) is 31.4 Å². The van der Waals surface area contributed by atoms with Crippen LogP contribution in [0.15, 0.2) is 30.6 Å². The zero-order valence-electron chi connectivity index (χ0n) is 12.8. The van der Waals surface area contributed by atoms with Gasteiger partial charge in [0.15, 0.2) is 0 Å². The van der Waals surface area contributed by atoms with Crippen molar-refractivity contribution >= 4 is 17.5 Å². The Balaban J connectivity index is 1.53. The number of aromatic nitrogens is 4. The largest absolute Gasteiger partial charge is 0.348 e. The van der Waals surface area contributed by atoms with E-state index in [1.54, 1.807) is 0 Å². The van der Waals surface area contributed by atoms with Crippen LogP contribution < -0.4 is 10.6 Å². The molecule has 0 saturated heterocycles. The summed E-state index contributed by atoms with van der Waals surface area (Å²) < 4.78 is 1.36. The fraction of sp³-hybridized carbons (Fsp3) is 0.400. The van der Waals surface area contributed by atoms with E-state index in [-0.39, 0.29) is 30.3 Å². The number of hydrogen-bond acceptors (Lipinski definition) is 5. The molecule has 0 aliphatic heterocycles. The average molecular weight is 314 g/mol. The topological polar surface area (TPSA) is 102 Å². The molecule has 2 amide bonds. The first-order valence-corrected chi connectivity index (χ1v) is 7.53. The summed E-state index contributed by atoms with van der Waals surface area (Å²) in [7, 11) is 0. The van der Waals surface area contributed by atoms with E-state index >= 15 is 0 Å². The van der Waals surface area contributed by atoms with E-state index in [2.05, 4.69) is 26.2 Å². The van der Waals surface area contributed by atoms with E-state index in [1.807, 2.05) is 31.2 Å². The first kappa shape index (κ1) is 15.1. The molecule has 1 unspecified atom stereocenters. The molecule has 1 aromatic carbocycles. The minimum Gasteiger partial charge on any atom is -0.348 e. The third-order valence-corrected chi connectivity index (χ3v) is 3.70. The van der Waals surface area contributed by atoms with Gasteiger partial charge in [0.2, 0.25) is 11.8 Å². The second kappa shape index (κ2) is 6.55. The number of tetrazole rings is 1. The van der Waals surface area contributed by atoms with Gasteiger partial charge < -0.3 is 10.6 Å². The van der Waals surface area contributed by atoms with Gasteiger partial charge in [-0.3, -0.25) is 9.59 Å². The lowest BCUT2D eigenvalue weighted by atomic mass is 10.1. The molecular formula is C15H18N6O2. The van der Waals surface area contributed by atoms with Gasteiger partial charge in [0, 0.05) is 11.6 Å². The Labute approximate surface area is 133 Å². The molecule has 23 heavy (non-hydrogen) atoms. The van der Waals surface area contributed by atoms with Gasteiger partial charge >= 0.3 is 0 Å². The quantitative estimate of drug-likeness (QED) is 0.825. The van der Waals surface area contributed by atoms with Crippen molar-refractivity contribution in [1.29, 1.82) is 0 Å². The number of carbonyl (C=O) groups is 2. The minimum atomic E-state index is -0.170. The molecule has 1 aliphatic rings. The molecule has 0 spiro atoms. The van der Waals surface area contributed by atoms with Crippen molar-refractivity contribution in [2.45, 2.75) is 32.4 Å². The number of hydrogen-bond donors (Lipinski definition) is 2. The summed E-state index contributed by atoms with van der Waals surface area (Å²) in [6.07, 6.45) is 3.35. The van der Waals surface area contributed by atoms with Crippen LogP contribution in [0.25, 0.3) is 0 Å². The normalized spacial score (nSPS) is 15.0. The van der Waals surface area contributed by atoms with E-state index in [9.17, 15) is 9.59 Å². The maximum atomic E-state index is 11.9. The highest BCUT2D eigenvalue weighted by molar-refractivity contribution is 5.94. The van der Waals surface area contributed by atoms with Crippen LogP contribution in [0.4, 0.5) is 5.69 Å². The maximum absolute atomic E-state index is 11.9. The molecule has 0 bridgehead atoms. The molecule has 1 saturated carbocycles. The van der Waals surface area contributed by atoms with Crippen molar-refractivity contribution in [2.24, 2.45) is 5.92 Å². The summed E-state index contributed by atoms with van der Waals surface area (Å²) in [6.45, 7) is 1.97. The smallest absolute Gasteiger partial charge is 0.242 e. The lowest BCUT2D eigenvalue weighted by Crippen LogP contribution is -2.30. The Morgan fingerprint density at radius 1 is 1.30 bits per heavy atom. The second-order valence-corrected chi connectivity index (χ2v) is 5.68. The summed E-state index contributed by atoms with van der Waals surface area (Å²) in [5.41, 5.74) is 1.73. The van der Waals surface area contributed by atoms with Gasteiger partial charge in [-0.15, -0.1) is 5.10 Å². The Bertz CT molecular complexity index is 679. The minimum absolute atomic E-state index is 0.0763. The van der Waals surface area contributed by atoms with Gasteiger partial charge in [-0.2, -0.15) is 0 Å². The molecule has 1 heterocycles. The summed E-state index contributed by atoms with van der Waals surface area (Å²) in [6, 6.07) is 7.33. The maximum Gasteiger partial charge on any atom is 0.242 e. The van der Waals surface area contributed by atoms with Crippen LogP contribution in [0, 0.1) is 5.92 Å². The molecule has 1 fully saturated rings. The first-order chi connectivity index (χ1) is 11.1. The van der Waals surface area contributed by atoms with Crippen molar-refractivity contribution in [2.75, 3.05) is 5.32 Å². The highest BCUT2D eigenvalue weighted by atomic mass is 16.2. The third kappa shape index (κ3) is 4.12. The van der Waals surface area contributed by atoms with Crippen molar-refractivity contribution in [3.8, 4) is 0 Å². The number of rotatable bonds is 6. The summed E-state index contributed by atoms with van der Waals surface area (Å²) in [5.74, 6) is 0.0932. The SMILES string of the molecule is CC(NC(=O)Cn1cnnn1)c1ccc(NC(=O)C2CC2)cc1. The van der Waals surface area contributed by atoms with Crippen LogP contribution in [0.2, 0.25) is 0 Å². The zero-order chi connectivity index (χ0) is 16.2. The molecule has 2 N–H and O–H groups in total. The fourth-order valence-corrected chi connectivity index (χ4v) is 2.22. The monoisotopic (exact) mass is 314 g/mol. The standard InChI is InChI=1S/C15H18N6O2/c1-10(17-14(22)8-21-9-16-19-20-21)11-4-6-13(7-5-11)18-15(23)12-2-3-12/h4-7,9-10,12H,2-3,8H2,1H3,(H,17,22)(H,18,23). The number of nitrogens with zero attached hydrogens (tertiary/aromatic N) is 4. The van der Waals surface area contributed by atoms with Crippen molar-refractivity contribution in [1.82, 2.24) is 25.5 Å². The van der Waals surface area contributed by atoms with E-state index in [0.717, 1.165) is 24.1 Å². The number of carbonyl (C=O) groups excluding carboxylic acids is 2. The van der Waals surface area contributed by atoms with Crippen molar-refractivity contribution < 1.29 is 9.59 Å². The molecule has 2 aromatic rings. The zero-order valence-corrected chi connectivity index (χ0v) is 12.8. The number of benzene rings is 1. The predicted octanol–water partition coefficient (Wildman–Crippen LogP) is 0.899. The fourth-order valence-electron chi connectivity index (χ4n) is 2.22. The van der Waals surface area contributed by atoms with Crippen LogP contribution >= 0.6 is 0 Å². The van der Waals surface area contributed by atoms with E-state index in [1.165, 1.54) is 11.0 Å². The summed E-state index contributed by atoms with van der Waals surface area (Å²) >= 11 is 0. The molecule has 120 valence electrons. The third-order valence-electron chi connectivity index (χ3n) is 3.70. The van der Waals surface area contributed by atoms with Gasteiger partial charge in [-0.1, -0.05) is 12.1 Å². The first-order valence-electron chi connectivity index (χ1n) is 7.53. The van der Waals surface area contributed by atoms with Gasteiger partial charge in [-0.25, -0.2) is 4.68 Å². The van der Waals surface area contributed by atoms with Gasteiger partial charge in [0.1, 0.15) is 12.9 Å². The molecule has 1 aliphatic carbocycles. The van der Waals surface area contributed by atoms with Crippen LogP contribution in [0.5, 0.6) is 0 Å². The van der Waals surface area contributed by atoms with Gasteiger partial charge in [-0.05, 0) is 47.9 Å². The number of anilines is 1. The highest BCUT2D eigenvalue weighted by Gasteiger charge is 2.29. The van der Waals surface area contributed by atoms with E-state index in [4.69, 9.17) is 0 Å². The molecule has 8 heteroatoms. The molecule has 1 aromatic heterocycles. The summed E-state index contributed by atoms with van der Waals surface area (Å²) in [4.78, 5) is 23.6. The number of nitrogens with one attached hydrogen (secondary N) is 2. The summed E-state index contributed by atoms with van der Waals surface area (Å²) in [5, 5.41) is 16.4. The number of amides is 2. The molecule has 1 atom stereocenters. The predicted molar refractivity (Wildman–Crippen MR) is 82.2 cm³/mol.